The van der Waals surface area contributed by atoms with Crippen molar-refractivity contribution in [1.82, 2.24) is 0 Å². The molecule has 5 nitrogen and oxygen atoms in total. The normalized spacial score (nSPS) is 12.7. The number of aromatic hydroxyl groups is 1. The van der Waals surface area contributed by atoms with Crippen LogP contribution >= 0.6 is 0 Å². The minimum absolute atomic E-state index is 0.0171. The second kappa shape index (κ2) is 8.71. The van der Waals surface area contributed by atoms with E-state index in [9.17, 15) is 15.0 Å². The van der Waals surface area contributed by atoms with Crippen molar-refractivity contribution in [2.24, 2.45) is 4.99 Å². The summed E-state index contributed by atoms with van der Waals surface area (Å²) < 4.78 is 4.72. The molecule has 0 aliphatic rings. The largest absolute Gasteiger partial charge is 0.507 e. The van der Waals surface area contributed by atoms with Crippen LogP contribution in [0.5, 0.6) is 5.75 Å². The summed E-state index contributed by atoms with van der Waals surface area (Å²) in [6, 6.07) is 22.5. The topological polar surface area (TPSA) is 79.1 Å². The molecule has 0 amide bonds. The van der Waals surface area contributed by atoms with Gasteiger partial charge in [0.2, 0.25) is 0 Å². The Morgan fingerprint density at radius 1 is 1.00 bits per heavy atom. The van der Waals surface area contributed by atoms with Gasteiger partial charge in [-0.2, -0.15) is 0 Å². The minimum Gasteiger partial charge on any atom is -0.507 e. The van der Waals surface area contributed by atoms with Crippen LogP contribution in [0, 0.1) is 0 Å². The van der Waals surface area contributed by atoms with Crippen molar-refractivity contribution in [3.63, 3.8) is 0 Å². The van der Waals surface area contributed by atoms with E-state index in [2.05, 4.69) is 4.99 Å². The van der Waals surface area contributed by atoms with Crippen molar-refractivity contribution in [3.8, 4) is 5.75 Å². The van der Waals surface area contributed by atoms with Crippen LogP contribution in [0.15, 0.2) is 83.9 Å². The average molecular weight is 389 g/mol. The maximum Gasteiger partial charge on any atom is 0.337 e. The number of hydrogen-bond donors (Lipinski definition) is 2. The van der Waals surface area contributed by atoms with Crippen LogP contribution in [0.2, 0.25) is 0 Å². The lowest BCUT2D eigenvalue weighted by molar-refractivity contribution is 0.0587. The molecule has 3 aromatic carbocycles. The summed E-state index contributed by atoms with van der Waals surface area (Å²) in [6.45, 7) is 1.80. The van der Waals surface area contributed by atoms with Crippen LogP contribution in [0.25, 0.3) is 0 Å². The third-order valence-corrected chi connectivity index (χ3v) is 4.92. The smallest absolute Gasteiger partial charge is 0.337 e. The zero-order chi connectivity index (χ0) is 20.9. The molecule has 29 heavy (non-hydrogen) atoms. The van der Waals surface area contributed by atoms with Gasteiger partial charge in [0, 0.05) is 11.8 Å². The van der Waals surface area contributed by atoms with E-state index in [-0.39, 0.29) is 5.75 Å². The van der Waals surface area contributed by atoms with Crippen LogP contribution in [-0.4, -0.2) is 35.5 Å². The predicted octanol–water partition coefficient (Wildman–Crippen LogP) is 3.92. The number of benzene rings is 3. The predicted molar refractivity (Wildman–Crippen MR) is 112 cm³/mol. The van der Waals surface area contributed by atoms with Crippen molar-refractivity contribution in [2.75, 3.05) is 7.11 Å². The molecule has 0 aliphatic carbocycles. The monoisotopic (exact) mass is 389 g/mol. The number of phenols is 1. The number of rotatable bonds is 6. The van der Waals surface area contributed by atoms with E-state index in [1.54, 1.807) is 6.92 Å². The molecule has 1 unspecified atom stereocenters. The van der Waals surface area contributed by atoms with Gasteiger partial charge in [-0.3, -0.25) is 4.99 Å². The molecule has 1 atom stereocenters. The molecule has 0 fully saturated rings. The van der Waals surface area contributed by atoms with Crippen LogP contribution in [-0.2, 0) is 10.3 Å². The number of nitrogens with zero attached hydrogens (tertiary/aromatic N) is 1. The molecule has 0 saturated heterocycles. The molecule has 0 aliphatic heterocycles. The first kappa shape index (κ1) is 20.3. The highest BCUT2D eigenvalue weighted by Gasteiger charge is 2.37. The first-order valence-corrected chi connectivity index (χ1v) is 9.24. The summed E-state index contributed by atoms with van der Waals surface area (Å²) in [7, 11) is 1.30. The number of esters is 1. The average Bonchev–Trinajstić information content (AvgIpc) is 2.78. The molecule has 0 aromatic heterocycles. The SMILES string of the molecule is COC(=O)c1ccc(O)c(C=NC(C)C(O)(c2ccccc2)c2ccccc2)c1. The third kappa shape index (κ3) is 4.20. The van der Waals surface area contributed by atoms with Gasteiger partial charge in [-0.05, 0) is 36.2 Å². The zero-order valence-electron chi connectivity index (χ0n) is 16.3. The van der Waals surface area contributed by atoms with Crippen molar-refractivity contribution in [3.05, 3.63) is 101 Å². The maximum atomic E-state index is 11.8. The van der Waals surface area contributed by atoms with Gasteiger partial charge in [-0.25, -0.2) is 4.79 Å². The Labute approximate surface area is 169 Å². The number of aliphatic imine (C=N–C) groups is 1. The molecule has 0 radical (unpaired) electrons. The second-order valence-corrected chi connectivity index (χ2v) is 6.72. The number of aliphatic hydroxyl groups is 1. The second-order valence-electron chi connectivity index (χ2n) is 6.72. The first-order chi connectivity index (χ1) is 14.0. The van der Waals surface area contributed by atoms with Crippen LogP contribution in [0.1, 0.15) is 34.0 Å². The molecule has 0 heterocycles. The van der Waals surface area contributed by atoms with Crippen molar-refractivity contribution >= 4 is 12.2 Å². The van der Waals surface area contributed by atoms with Crippen LogP contribution in [0.3, 0.4) is 0 Å². The molecular formula is C24H23NO4. The number of methoxy groups -OCH3 is 1. The van der Waals surface area contributed by atoms with Gasteiger partial charge < -0.3 is 14.9 Å². The lowest BCUT2D eigenvalue weighted by Crippen LogP contribution is -2.38. The van der Waals surface area contributed by atoms with Gasteiger partial charge in [0.05, 0.1) is 18.7 Å². The van der Waals surface area contributed by atoms with E-state index in [0.29, 0.717) is 22.3 Å². The summed E-state index contributed by atoms with van der Waals surface area (Å²) >= 11 is 0. The van der Waals surface area contributed by atoms with Gasteiger partial charge in [0.1, 0.15) is 11.4 Å². The van der Waals surface area contributed by atoms with Crippen LogP contribution < -0.4 is 0 Å². The van der Waals surface area contributed by atoms with E-state index in [4.69, 9.17) is 4.74 Å². The Morgan fingerprint density at radius 2 is 1.55 bits per heavy atom. The summed E-state index contributed by atoms with van der Waals surface area (Å²) in [5, 5.41) is 21.8. The van der Waals surface area contributed by atoms with E-state index < -0.39 is 17.6 Å². The summed E-state index contributed by atoms with van der Waals surface area (Å²) in [5.74, 6) is -0.519. The van der Waals surface area contributed by atoms with E-state index in [0.717, 1.165) is 0 Å². The third-order valence-electron chi connectivity index (χ3n) is 4.92. The van der Waals surface area contributed by atoms with E-state index >= 15 is 0 Å². The van der Waals surface area contributed by atoms with Crippen molar-refractivity contribution in [2.45, 2.75) is 18.6 Å². The molecule has 0 spiro atoms. The lowest BCUT2D eigenvalue weighted by Gasteiger charge is -2.33. The molecule has 0 bridgehead atoms. The Morgan fingerprint density at radius 3 is 2.07 bits per heavy atom. The zero-order valence-corrected chi connectivity index (χ0v) is 16.3. The van der Waals surface area contributed by atoms with E-state index in [1.165, 1.54) is 31.5 Å². The Kier molecular flexibility index (Phi) is 6.10. The summed E-state index contributed by atoms with van der Waals surface area (Å²) in [4.78, 5) is 16.3. The highest BCUT2D eigenvalue weighted by molar-refractivity contribution is 5.93. The number of carbonyl (C=O) groups is 1. The molecular weight excluding hydrogens is 366 g/mol. The number of carbonyl (C=O) groups excluding carboxylic acids is 1. The van der Waals surface area contributed by atoms with Gasteiger partial charge in [-0.15, -0.1) is 0 Å². The molecule has 0 saturated carbocycles. The summed E-state index contributed by atoms with van der Waals surface area (Å²) in [6.07, 6.45) is 1.46. The number of ether oxygens (including phenoxy) is 1. The fourth-order valence-corrected chi connectivity index (χ4v) is 3.24. The van der Waals surface area contributed by atoms with Gasteiger partial charge in [-0.1, -0.05) is 60.7 Å². The molecule has 5 heteroatoms. The standard InChI is InChI=1S/C24H23NO4/c1-17(25-16-19-15-18(23(27)29-2)13-14-22(19)26)24(28,20-9-5-3-6-10-20)21-11-7-4-8-12-21/h3-17,26,28H,1-2H3. The Balaban J connectivity index is 2.00. The van der Waals surface area contributed by atoms with Gasteiger partial charge >= 0.3 is 5.97 Å². The number of hydrogen-bond acceptors (Lipinski definition) is 5. The van der Waals surface area contributed by atoms with Crippen molar-refractivity contribution < 1.29 is 19.7 Å². The Hall–Kier alpha value is -3.44. The fraction of sp³-hybridized carbons (Fsp3) is 0.167. The number of phenolic OH excluding ortho intramolecular Hbond substituents is 1. The first-order valence-electron chi connectivity index (χ1n) is 9.24. The molecule has 148 valence electrons. The highest BCUT2D eigenvalue weighted by atomic mass is 16.5. The molecule has 2 N–H and O–H groups in total. The van der Waals surface area contributed by atoms with Crippen LogP contribution in [0.4, 0.5) is 0 Å². The van der Waals surface area contributed by atoms with Gasteiger partial charge in [0.15, 0.2) is 0 Å². The maximum absolute atomic E-state index is 11.8. The quantitative estimate of drug-likeness (QED) is 0.495. The highest BCUT2D eigenvalue weighted by Crippen LogP contribution is 2.34. The fourth-order valence-electron chi connectivity index (χ4n) is 3.24. The molecule has 3 rings (SSSR count). The molecule has 3 aromatic rings. The van der Waals surface area contributed by atoms with E-state index in [1.807, 2.05) is 60.7 Å². The Bertz CT molecular complexity index is 960. The van der Waals surface area contributed by atoms with Gasteiger partial charge in [0.25, 0.3) is 0 Å². The lowest BCUT2D eigenvalue weighted by atomic mass is 9.81. The summed E-state index contributed by atoms with van der Waals surface area (Å²) in [5.41, 5.74) is 0.727. The van der Waals surface area contributed by atoms with Crippen molar-refractivity contribution in [1.29, 1.82) is 0 Å². The minimum atomic E-state index is -1.37.